The molecule has 0 aliphatic heterocycles. The van der Waals surface area contributed by atoms with Gasteiger partial charge in [0.05, 0.1) is 28.2 Å². The predicted octanol–water partition coefficient (Wildman–Crippen LogP) is 4.76. The molecule has 4 rings (SSSR count). The van der Waals surface area contributed by atoms with Gasteiger partial charge in [-0.1, -0.05) is 11.6 Å². The number of carbonyl (C=O) groups excluding carboxylic acids is 2. The number of amides is 1. The van der Waals surface area contributed by atoms with E-state index in [1.54, 1.807) is 0 Å². The Morgan fingerprint density at radius 1 is 1.03 bits per heavy atom. The van der Waals surface area contributed by atoms with E-state index in [0.717, 1.165) is 6.07 Å². The number of esters is 1. The van der Waals surface area contributed by atoms with Gasteiger partial charge in [0.25, 0.3) is 5.91 Å². The first-order chi connectivity index (χ1) is 16.0. The van der Waals surface area contributed by atoms with Crippen LogP contribution in [0, 0.1) is 35.2 Å². The van der Waals surface area contributed by atoms with Gasteiger partial charge < -0.3 is 10.1 Å². The Morgan fingerprint density at radius 3 is 2.18 bits per heavy atom. The SMILES string of the molecule is COC(=O)[C@H]1CC2CCC(C1)[C@@H]2S(=O)(=O)c1cc(C(=O)Nc2cc(F)c(F)c(F)c2)ccc1Cl. The molecule has 182 valence electrons. The van der Waals surface area contributed by atoms with Gasteiger partial charge in [-0.05, 0) is 55.7 Å². The third-order valence-electron chi connectivity index (χ3n) is 6.65. The summed E-state index contributed by atoms with van der Waals surface area (Å²) >= 11 is 6.22. The number of halogens is 4. The number of nitrogens with one attached hydrogen (secondary N) is 1. The van der Waals surface area contributed by atoms with E-state index in [9.17, 15) is 31.2 Å². The standard InChI is InChI=1S/C23H21ClF3NO5S/c1-33-23(30)14-6-11-2-3-12(7-14)21(11)34(31,32)19-8-13(4-5-16(19)24)22(29)28-15-9-17(25)20(27)18(26)10-15/h4-5,8-12,14,21H,2-3,6-7H2,1H3,(H,28,29)/t11?,12?,14-,21+. The molecule has 2 saturated carbocycles. The Labute approximate surface area is 199 Å². The van der Waals surface area contributed by atoms with Gasteiger partial charge in [-0.25, -0.2) is 21.6 Å². The first-order valence-corrected chi connectivity index (χ1v) is 12.5. The summed E-state index contributed by atoms with van der Waals surface area (Å²) in [7, 11) is -2.66. The molecule has 0 aromatic heterocycles. The zero-order chi connectivity index (χ0) is 24.8. The second-order valence-electron chi connectivity index (χ2n) is 8.65. The van der Waals surface area contributed by atoms with Gasteiger partial charge in [-0.3, -0.25) is 9.59 Å². The van der Waals surface area contributed by atoms with Crippen LogP contribution in [0.25, 0.3) is 0 Å². The van der Waals surface area contributed by atoms with E-state index >= 15 is 0 Å². The van der Waals surface area contributed by atoms with E-state index in [1.165, 1.54) is 19.2 Å². The molecule has 2 aliphatic carbocycles. The molecular weight excluding hydrogens is 495 g/mol. The molecule has 1 amide bonds. The number of sulfone groups is 1. The molecule has 2 aromatic carbocycles. The normalized spacial score (nSPS) is 24.0. The van der Waals surface area contributed by atoms with Crippen molar-refractivity contribution < 1.29 is 35.9 Å². The van der Waals surface area contributed by atoms with Crippen molar-refractivity contribution >= 4 is 39.0 Å². The summed E-state index contributed by atoms with van der Waals surface area (Å²) in [5.41, 5.74) is -0.441. The van der Waals surface area contributed by atoms with Crippen LogP contribution in [0.3, 0.4) is 0 Å². The highest BCUT2D eigenvalue weighted by atomic mass is 35.5. The molecule has 0 saturated heterocycles. The zero-order valence-corrected chi connectivity index (χ0v) is 19.6. The number of ether oxygens (including phenoxy) is 1. The van der Waals surface area contributed by atoms with Crippen molar-refractivity contribution in [3.05, 3.63) is 58.4 Å². The van der Waals surface area contributed by atoms with E-state index in [2.05, 4.69) is 5.32 Å². The van der Waals surface area contributed by atoms with Gasteiger partial charge in [0.15, 0.2) is 27.3 Å². The molecule has 6 nitrogen and oxygen atoms in total. The molecule has 0 spiro atoms. The van der Waals surface area contributed by atoms with Crippen LogP contribution >= 0.6 is 11.6 Å². The predicted molar refractivity (Wildman–Crippen MR) is 118 cm³/mol. The van der Waals surface area contributed by atoms with Gasteiger partial charge in [0.1, 0.15) is 0 Å². The first-order valence-electron chi connectivity index (χ1n) is 10.6. The minimum atomic E-state index is -3.97. The molecule has 34 heavy (non-hydrogen) atoms. The lowest BCUT2D eigenvalue weighted by Gasteiger charge is -2.33. The summed E-state index contributed by atoms with van der Waals surface area (Å²) in [4.78, 5) is 24.4. The van der Waals surface area contributed by atoms with Crippen molar-refractivity contribution in [1.29, 1.82) is 0 Å². The lowest BCUT2D eigenvalue weighted by Crippen LogP contribution is -2.39. The number of hydrogen-bond acceptors (Lipinski definition) is 5. The summed E-state index contributed by atoms with van der Waals surface area (Å²) < 4.78 is 72.1. The molecule has 2 atom stereocenters. The van der Waals surface area contributed by atoms with Crippen LogP contribution in [0.2, 0.25) is 5.02 Å². The lowest BCUT2D eigenvalue weighted by atomic mass is 9.80. The van der Waals surface area contributed by atoms with Crippen LogP contribution in [-0.2, 0) is 19.4 Å². The lowest BCUT2D eigenvalue weighted by molar-refractivity contribution is -0.147. The number of fused-ring (bicyclic) bond motifs is 2. The second-order valence-corrected chi connectivity index (χ2v) is 11.1. The maximum atomic E-state index is 13.6. The summed E-state index contributed by atoms with van der Waals surface area (Å²) in [6, 6.07) is 4.88. The van der Waals surface area contributed by atoms with E-state index in [-0.39, 0.29) is 44.9 Å². The van der Waals surface area contributed by atoms with Crippen LogP contribution in [0.1, 0.15) is 36.0 Å². The van der Waals surface area contributed by atoms with Crippen molar-refractivity contribution in [1.82, 2.24) is 0 Å². The Kier molecular flexibility index (Phi) is 6.65. The topological polar surface area (TPSA) is 89.5 Å². The maximum Gasteiger partial charge on any atom is 0.308 e. The molecule has 2 aliphatic rings. The Bertz CT molecular complexity index is 1230. The van der Waals surface area contributed by atoms with Crippen molar-refractivity contribution in [2.45, 2.75) is 35.8 Å². The fraction of sp³-hybridized carbons (Fsp3) is 0.391. The van der Waals surface area contributed by atoms with Crippen LogP contribution in [-0.4, -0.2) is 32.7 Å². The van der Waals surface area contributed by atoms with E-state index in [0.29, 0.717) is 37.8 Å². The Morgan fingerprint density at radius 2 is 1.62 bits per heavy atom. The minimum Gasteiger partial charge on any atom is -0.469 e. The third kappa shape index (κ3) is 4.40. The number of benzene rings is 2. The Balaban J connectivity index is 1.61. The molecule has 0 heterocycles. The highest BCUT2D eigenvalue weighted by Crippen LogP contribution is 2.50. The monoisotopic (exact) mass is 515 g/mol. The molecule has 2 aromatic rings. The number of anilines is 1. The van der Waals surface area contributed by atoms with Gasteiger partial charge >= 0.3 is 5.97 Å². The zero-order valence-electron chi connectivity index (χ0n) is 18.0. The average Bonchev–Trinajstić information content (AvgIpc) is 3.07. The number of rotatable bonds is 5. The first kappa shape index (κ1) is 24.5. The van der Waals surface area contributed by atoms with Crippen molar-refractivity contribution in [2.24, 2.45) is 17.8 Å². The van der Waals surface area contributed by atoms with E-state index in [1.807, 2.05) is 0 Å². The number of methoxy groups -OCH3 is 1. The van der Waals surface area contributed by atoms with Gasteiger partial charge in [0.2, 0.25) is 0 Å². The summed E-state index contributed by atoms with van der Waals surface area (Å²) in [5.74, 6) is -6.67. The highest BCUT2D eigenvalue weighted by Gasteiger charge is 2.51. The molecule has 2 bridgehead atoms. The Hall–Kier alpha value is -2.59. The minimum absolute atomic E-state index is 0.0649. The summed E-state index contributed by atoms with van der Waals surface area (Å²) in [5, 5.41) is 1.41. The van der Waals surface area contributed by atoms with Crippen molar-refractivity contribution in [3.8, 4) is 0 Å². The largest absolute Gasteiger partial charge is 0.469 e. The number of hydrogen-bond donors (Lipinski definition) is 1. The van der Waals surface area contributed by atoms with Crippen molar-refractivity contribution in [3.63, 3.8) is 0 Å². The third-order valence-corrected chi connectivity index (χ3v) is 9.53. The quantitative estimate of drug-likeness (QED) is 0.458. The average molecular weight is 516 g/mol. The highest BCUT2D eigenvalue weighted by molar-refractivity contribution is 7.92. The smallest absolute Gasteiger partial charge is 0.308 e. The fourth-order valence-corrected chi connectivity index (χ4v) is 8.05. The van der Waals surface area contributed by atoms with Gasteiger partial charge in [-0.2, -0.15) is 0 Å². The van der Waals surface area contributed by atoms with Gasteiger partial charge in [0, 0.05) is 23.4 Å². The second kappa shape index (κ2) is 9.22. The molecular formula is C23H21ClF3NO5S. The van der Waals surface area contributed by atoms with Crippen LogP contribution in [0.5, 0.6) is 0 Å². The van der Waals surface area contributed by atoms with Crippen LogP contribution in [0.4, 0.5) is 18.9 Å². The van der Waals surface area contributed by atoms with E-state index in [4.69, 9.17) is 16.3 Å². The summed E-state index contributed by atoms with van der Waals surface area (Å²) in [6.45, 7) is 0. The molecule has 2 unspecified atom stereocenters. The fourth-order valence-electron chi connectivity index (χ4n) is 5.18. The number of carbonyl (C=O) groups is 2. The summed E-state index contributed by atoms with van der Waals surface area (Å²) in [6.07, 6.45) is 2.10. The molecule has 11 heteroatoms. The van der Waals surface area contributed by atoms with Crippen molar-refractivity contribution in [2.75, 3.05) is 12.4 Å². The van der Waals surface area contributed by atoms with E-state index < -0.39 is 38.4 Å². The molecule has 0 radical (unpaired) electrons. The van der Waals surface area contributed by atoms with Gasteiger partial charge in [-0.15, -0.1) is 0 Å². The molecule has 1 N–H and O–H groups in total. The van der Waals surface area contributed by atoms with Crippen LogP contribution in [0.15, 0.2) is 35.2 Å². The maximum absolute atomic E-state index is 13.6. The molecule has 2 fully saturated rings. The van der Waals surface area contributed by atoms with Crippen LogP contribution < -0.4 is 5.32 Å².